The minimum Gasteiger partial charge on any atom is -0.382 e. The number of ether oxygens (including phenoxy) is 1. The average Bonchev–Trinajstić information content (AvgIpc) is 3.37. The number of carbonyl (C=O) groups is 2. The zero-order valence-electron chi connectivity index (χ0n) is 22.9. The first-order chi connectivity index (χ1) is 20.7. The van der Waals surface area contributed by atoms with E-state index < -0.39 is 36.4 Å². The summed E-state index contributed by atoms with van der Waals surface area (Å²) in [4.78, 5) is 34.6. The molecule has 1 aliphatic heterocycles. The number of hydrogen-bond donors (Lipinski definition) is 1. The van der Waals surface area contributed by atoms with Crippen molar-refractivity contribution in [2.45, 2.75) is 56.7 Å². The molecule has 0 unspecified atom stereocenters. The molecule has 16 heteroatoms. The van der Waals surface area contributed by atoms with Crippen molar-refractivity contribution in [3.8, 4) is 0 Å². The molecule has 12 nitrogen and oxygen atoms in total. The Morgan fingerprint density at radius 3 is 2.65 bits per heavy atom. The maximum atomic E-state index is 13.3. The van der Waals surface area contributed by atoms with Gasteiger partial charge in [0, 0.05) is 18.6 Å². The monoisotopic (exact) mass is 602 g/mol. The van der Waals surface area contributed by atoms with Crippen LogP contribution >= 0.6 is 0 Å². The third-order valence-corrected chi connectivity index (χ3v) is 7.74. The summed E-state index contributed by atoms with van der Waals surface area (Å²) in [5, 5.41) is 15.0. The van der Waals surface area contributed by atoms with Crippen molar-refractivity contribution in [2.75, 3.05) is 20.3 Å². The van der Waals surface area contributed by atoms with Crippen LogP contribution in [0.5, 0.6) is 0 Å². The van der Waals surface area contributed by atoms with Crippen molar-refractivity contribution in [1.82, 2.24) is 35.1 Å². The number of nitrogens with one attached hydrogen (secondary N) is 1. The molecule has 0 radical (unpaired) electrons. The number of imidazole rings is 1. The number of rotatable bonds is 8. The minimum atomic E-state index is -4.74. The van der Waals surface area contributed by atoms with Gasteiger partial charge in [-0.3, -0.25) is 4.79 Å². The maximum absolute atomic E-state index is 13.3. The summed E-state index contributed by atoms with van der Waals surface area (Å²) in [6.45, 7) is -0.832. The van der Waals surface area contributed by atoms with Gasteiger partial charge in [-0.15, -0.1) is 0 Å². The molecule has 43 heavy (non-hydrogen) atoms. The number of amides is 3. The molecule has 226 valence electrons. The molecule has 0 aromatic carbocycles. The van der Waals surface area contributed by atoms with Gasteiger partial charge in [0.25, 0.3) is 5.91 Å². The lowest BCUT2D eigenvalue weighted by Gasteiger charge is -2.26. The largest absolute Gasteiger partial charge is 0.431 e. The highest BCUT2D eigenvalue weighted by Gasteiger charge is 2.44. The number of alkyl halides is 3. The lowest BCUT2D eigenvalue weighted by atomic mass is 9.89. The van der Waals surface area contributed by atoms with Gasteiger partial charge in [-0.2, -0.15) is 23.3 Å². The number of aromatic nitrogens is 5. The Kier molecular flexibility index (Phi) is 7.54. The molecule has 3 aromatic heterocycles. The predicted molar refractivity (Wildman–Crippen MR) is 142 cm³/mol. The van der Waals surface area contributed by atoms with Gasteiger partial charge < -0.3 is 15.0 Å². The van der Waals surface area contributed by atoms with E-state index in [0.717, 1.165) is 23.3 Å². The molecule has 0 bridgehead atoms. The molecule has 1 atom stereocenters. The molecule has 0 spiro atoms. The zero-order chi connectivity index (χ0) is 30.3. The summed E-state index contributed by atoms with van der Waals surface area (Å²) in [7, 11) is 1.37. The van der Waals surface area contributed by atoms with E-state index in [2.05, 4.69) is 30.7 Å². The number of hydrogen-bond acceptors (Lipinski definition) is 8. The fourth-order valence-electron chi connectivity index (χ4n) is 5.27. The number of fused-ring (bicyclic) bond motifs is 1. The predicted octanol–water partition coefficient (Wildman–Crippen LogP) is 4.68. The molecule has 0 saturated heterocycles. The minimum absolute atomic E-state index is 0.0862. The van der Waals surface area contributed by atoms with Crippen molar-refractivity contribution < 1.29 is 36.5 Å². The van der Waals surface area contributed by atoms with E-state index in [1.165, 1.54) is 17.8 Å². The first-order valence-corrected chi connectivity index (χ1v) is 13.6. The number of halogens is 4. The third kappa shape index (κ3) is 5.78. The molecule has 3 amide bonds. The molecule has 3 aromatic rings. The summed E-state index contributed by atoms with van der Waals surface area (Å²) >= 11 is 0. The summed E-state index contributed by atoms with van der Waals surface area (Å²) in [6, 6.07) is -0.360. The van der Waals surface area contributed by atoms with E-state index in [0.29, 0.717) is 65.9 Å². The topological polar surface area (TPSA) is 140 Å². The van der Waals surface area contributed by atoms with Crippen molar-refractivity contribution in [3.63, 3.8) is 0 Å². The summed E-state index contributed by atoms with van der Waals surface area (Å²) < 4.78 is 64.4. The second-order valence-electron chi connectivity index (χ2n) is 10.6. The number of aliphatic imine (C=N–C) groups is 1. The SMILES string of the molecule is COC[C@H](c1cnn2cc(C(NC(=O)c3nonc3C3CC3)=C3CCC(=CF)CC3)nc2c1)N1CC(C(F)(F)F)=NC1=O. The summed E-state index contributed by atoms with van der Waals surface area (Å²) in [6.07, 6.45) is 2.58. The van der Waals surface area contributed by atoms with E-state index in [1.54, 1.807) is 12.3 Å². The Morgan fingerprint density at radius 2 is 2.00 bits per heavy atom. The Balaban J connectivity index is 1.33. The van der Waals surface area contributed by atoms with E-state index in [4.69, 9.17) is 9.37 Å². The molecule has 6 rings (SSSR count). The first kappa shape index (κ1) is 28.6. The number of allylic oxidation sites excluding steroid dienone is 2. The van der Waals surface area contributed by atoms with Gasteiger partial charge in [0.05, 0.1) is 43.6 Å². The van der Waals surface area contributed by atoms with Crippen LogP contribution in [-0.2, 0) is 4.74 Å². The standard InChI is InChI=1S/C27H26F4N8O4/c1-42-13-19(38-12-20(27(29,30)31)34-26(38)41)17-8-21-33-18(11-39(21)32-10-17)22(15-4-2-14(9-28)3-5-15)35-25(40)24-23(16-6-7-16)36-43-37-24/h8-11,16,19H,2-7,12-13H2,1H3,(H,35,40)/t19-/m1/s1. The van der Waals surface area contributed by atoms with Crippen LogP contribution in [0.15, 0.2) is 45.6 Å². The van der Waals surface area contributed by atoms with Crippen LogP contribution in [0.4, 0.5) is 22.4 Å². The summed E-state index contributed by atoms with van der Waals surface area (Å²) in [5.74, 6) is -0.399. The Bertz CT molecular complexity index is 1660. The first-order valence-electron chi connectivity index (χ1n) is 13.6. The van der Waals surface area contributed by atoms with E-state index in [1.807, 2.05) is 0 Å². The second-order valence-corrected chi connectivity index (χ2v) is 10.6. The van der Waals surface area contributed by atoms with Gasteiger partial charge in [-0.25, -0.2) is 23.3 Å². The van der Waals surface area contributed by atoms with Gasteiger partial charge in [-0.1, -0.05) is 5.16 Å². The Hall–Kier alpha value is -4.47. The molecular formula is C27H26F4N8O4. The van der Waals surface area contributed by atoms with Crippen molar-refractivity contribution >= 4 is 29.0 Å². The van der Waals surface area contributed by atoms with E-state index in [9.17, 15) is 27.2 Å². The second kappa shape index (κ2) is 11.3. The van der Waals surface area contributed by atoms with Gasteiger partial charge in [-0.05, 0) is 60.9 Å². The van der Waals surface area contributed by atoms with Crippen molar-refractivity contribution in [3.05, 3.63) is 58.6 Å². The molecule has 2 aliphatic carbocycles. The smallest absolute Gasteiger partial charge is 0.382 e. The molecular weight excluding hydrogens is 576 g/mol. The van der Waals surface area contributed by atoms with E-state index in [-0.39, 0.29) is 18.2 Å². The van der Waals surface area contributed by atoms with Gasteiger partial charge in [0.2, 0.25) is 0 Å². The Morgan fingerprint density at radius 1 is 1.23 bits per heavy atom. The molecule has 1 N–H and O–H groups in total. The molecule has 3 aliphatic rings. The van der Waals surface area contributed by atoms with Crippen LogP contribution in [-0.4, -0.2) is 73.9 Å². The van der Waals surface area contributed by atoms with Crippen LogP contribution in [0.2, 0.25) is 0 Å². The van der Waals surface area contributed by atoms with Crippen LogP contribution in [0.1, 0.15) is 77.9 Å². The number of carbonyl (C=O) groups excluding carboxylic acids is 2. The fourth-order valence-corrected chi connectivity index (χ4v) is 5.27. The highest BCUT2D eigenvalue weighted by atomic mass is 19.4. The summed E-state index contributed by atoms with van der Waals surface area (Å²) in [5.41, 5.74) is 2.40. The normalized spacial score (nSPS) is 18.3. The Labute approximate surface area is 241 Å². The fraction of sp³-hybridized carbons (Fsp3) is 0.444. The highest BCUT2D eigenvalue weighted by Crippen LogP contribution is 2.40. The maximum Gasteiger partial charge on any atom is 0.431 e. The van der Waals surface area contributed by atoms with Crippen LogP contribution in [0.25, 0.3) is 11.3 Å². The van der Waals surface area contributed by atoms with Gasteiger partial charge in [0.1, 0.15) is 17.1 Å². The number of nitrogens with zero attached hydrogens (tertiary/aromatic N) is 7. The third-order valence-electron chi connectivity index (χ3n) is 7.74. The van der Waals surface area contributed by atoms with Crippen LogP contribution < -0.4 is 5.32 Å². The highest BCUT2D eigenvalue weighted by molar-refractivity contribution is 6.05. The van der Waals surface area contributed by atoms with Crippen LogP contribution in [0, 0.1) is 0 Å². The van der Waals surface area contributed by atoms with Crippen LogP contribution in [0.3, 0.4) is 0 Å². The van der Waals surface area contributed by atoms with Crippen molar-refractivity contribution in [2.24, 2.45) is 4.99 Å². The molecule has 2 fully saturated rings. The van der Waals surface area contributed by atoms with E-state index >= 15 is 0 Å². The lowest BCUT2D eigenvalue weighted by Crippen LogP contribution is -2.36. The number of methoxy groups -OCH3 is 1. The zero-order valence-corrected chi connectivity index (χ0v) is 22.9. The average molecular weight is 603 g/mol. The molecule has 4 heterocycles. The van der Waals surface area contributed by atoms with Gasteiger partial charge >= 0.3 is 12.2 Å². The molecule has 2 saturated carbocycles. The van der Waals surface area contributed by atoms with Gasteiger partial charge in [0.15, 0.2) is 11.3 Å². The quantitative estimate of drug-likeness (QED) is 0.367. The van der Waals surface area contributed by atoms with Crippen molar-refractivity contribution in [1.29, 1.82) is 0 Å². The lowest BCUT2D eigenvalue weighted by molar-refractivity contribution is -0.0603. The number of urea groups is 1.